The number of nitriles is 1. The summed E-state index contributed by atoms with van der Waals surface area (Å²) in [6.45, 7) is 4.35. The predicted molar refractivity (Wildman–Crippen MR) is 69.7 cm³/mol. The first-order valence-corrected chi connectivity index (χ1v) is 6.42. The van der Waals surface area contributed by atoms with Crippen LogP contribution in [-0.2, 0) is 0 Å². The van der Waals surface area contributed by atoms with Crippen LogP contribution in [-0.4, -0.2) is 24.1 Å². The summed E-state index contributed by atoms with van der Waals surface area (Å²) < 4.78 is 0. The van der Waals surface area contributed by atoms with E-state index in [-0.39, 0.29) is 0 Å². The highest BCUT2D eigenvalue weighted by Crippen LogP contribution is 2.26. The van der Waals surface area contributed by atoms with Crippen LogP contribution < -0.4 is 10.6 Å². The first-order valence-electron chi connectivity index (χ1n) is 5.37. The van der Waals surface area contributed by atoms with Crippen molar-refractivity contribution in [3.63, 3.8) is 0 Å². The van der Waals surface area contributed by atoms with Crippen LogP contribution in [0.2, 0.25) is 0 Å². The number of nitrogen functional groups attached to an aromatic ring is 1. The van der Waals surface area contributed by atoms with E-state index in [4.69, 9.17) is 11.0 Å². The van der Waals surface area contributed by atoms with Crippen molar-refractivity contribution in [3.8, 4) is 6.07 Å². The van der Waals surface area contributed by atoms with Gasteiger partial charge >= 0.3 is 0 Å². The molecule has 1 unspecified atom stereocenters. The fourth-order valence-corrected chi connectivity index (χ4v) is 2.92. The molecule has 0 aromatic heterocycles. The molecule has 1 saturated heterocycles. The van der Waals surface area contributed by atoms with Gasteiger partial charge < -0.3 is 10.6 Å². The van der Waals surface area contributed by atoms with Crippen molar-refractivity contribution in [3.05, 3.63) is 23.8 Å². The van der Waals surface area contributed by atoms with Gasteiger partial charge in [0.05, 0.1) is 11.3 Å². The van der Waals surface area contributed by atoms with Gasteiger partial charge in [0.15, 0.2) is 0 Å². The zero-order valence-corrected chi connectivity index (χ0v) is 10.1. The Morgan fingerprint density at radius 2 is 2.38 bits per heavy atom. The van der Waals surface area contributed by atoms with Gasteiger partial charge in [-0.05, 0) is 18.2 Å². The number of nitrogens with zero attached hydrogens (tertiary/aromatic N) is 2. The lowest BCUT2D eigenvalue weighted by molar-refractivity contribution is 0.783. The van der Waals surface area contributed by atoms with Crippen LogP contribution in [0.4, 0.5) is 11.4 Å². The molecule has 0 bridgehead atoms. The maximum atomic E-state index is 8.81. The zero-order chi connectivity index (χ0) is 11.5. The van der Waals surface area contributed by atoms with Gasteiger partial charge in [-0.2, -0.15) is 17.0 Å². The molecule has 0 aliphatic carbocycles. The molecule has 1 heterocycles. The summed E-state index contributed by atoms with van der Waals surface area (Å²) in [4.78, 5) is 2.33. The van der Waals surface area contributed by atoms with Crippen LogP contribution in [0.25, 0.3) is 0 Å². The third-order valence-electron chi connectivity index (χ3n) is 2.76. The van der Waals surface area contributed by atoms with Crippen LogP contribution >= 0.6 is 11.8 Å². The van der Waals surface area contributed by atoms with Gasteiger partial charge in [-0.1, -0.05) is 6.92 Å². The molecule has 1 atom stereocenters. The summed E-state index contributed by atoms with van der Waals surface area (Å²) in [6, 6.07) is 7.78. The minimum atomic E-state index is 0.559. The Kier molecular flexibility index (Phi) is 3.25. The van der Waals surface area contributed by atoms with Gasteiger partial charge in [0.2, 0.25) is 0 Å². The van der Waals surface area contributed by atoms with E-state index in [1.54, 1.807) is 6.07 Å². The smallest absolute Gasteiger partial charge is 0.101 e. The van der Waals surface area contributed by atoms with Crippen molar-refractivity contribution >= 4 is 23.1 Å². The molecule has 0 amide bonds. The molecule has 84 valence electrons. The molecule has 1 aromatic carbocycles. The highest BCUT2D eigenvalue weighted by molar-refractivity contribution is 8.00. The second-order valence-corrected chi connectivity index (χ2v) is 5.56. The molecule has 3 nitrogen and oxygen atoms in total. The fraction of sp³-hybridized carbons (Fsp3) is 0.417. The third kappa shape index (κ3) is 2.25. The van der Waals surface area contributed by atoms with Crippen molar-refractivity contribution in [1.29, 1.82) is 5.26 Å². The van der Waals surface area contributed by atoms with Gasteiger partial charge in [-0.3, -0.25) is 0 Å². The van der Waals surface area contributed by atoms with Crippen LogP contribution in [0.3, 0.4) is 0 Å². The van der Waals surface area contributed by atoms with E-state index in [0.717, 1.165) is 24.5 Å². The van der Waals surface area contributed by atoms with Crippen molar-refractivity contribution < 1.29 is 0 Å². The van der Waals surface area contributed by atoms with Gasteiger partial charge in [-0.15, -0.1) is 0 Å². The summed E-state index contributed by atoms with van der Waals surface area (Å²) in [5.74, 6) is 1.15. The third-order valence-corrected chi connectivity index (χ3v) is 3.90. The number of benzene rings is 1. The highest BCUT2D eigenvalue weighted by Gasteiger charge is 2.17. The molecular weight excluding hydrogens is 218 g/mol. The Hall–Kier alpha value is -1.34. The normalized spacial score (nSPS) is 20.5. The second-order valence-electron chi connectivity index (χ2n) is 4.01. The molecular formula is C12H15N3S. The number of thioether (sulfide) groups is 1. The molecule has 1 aliphatic rings. The molecule has 2 rings (SSSR count). The van der Waals surface area contributed by atoms with E-state index in [1.165, 1.54) is 0 Å². The largest absolute Gasteiger partial charge is 0.398 e. The molecule has 1 aliphatic heterocycles. The number of hydrogen-bond donors (Lipinski definition) is 1. The lowest BCUT2D eigenvalue weighted by Crippen LogP contribution is -2.36. The number of anilines is 2. The molecule has 1 fully saturated rings. The summed E-state index contributed by atoms with van der Waals surface area (Å²) in [5, 5.41) is 9.47. The van der Waals surface area contributed by atoms with Crippen molar-refractivity contribution in [2.24, 2.45) is 0 Å². The SMILES string of the molecule is CC1CN(c2ccc(C#N)c(N)c2)CCS1. The van der Waals surface area contributed by atoms with Crippen LogP contribution in [0, 0.1) is 11.3 Å². The van der Waals surface area contributed by atoms with Gasteiger partial charge in [0.1, 0.15) is 6.07 Å². The molecule has 1 aromatic rings. The molecule has 0 spiro atoms. The Morgan fingerprint density at radius 3 is 3.00 bits per heavy atom. The van der Waals surface area contributed by atoms with Crippen LogP contribution in [0.5, 0.6) is 0 Å². The van der Waals surface area contributed by atoms with Crippen molar-refractivity contribution in [1.82, 2.24) is 0 Å². The van der Waals surface area contributed by atoms with E-state index >= 15 is 0 Å². The van der Waals surface area contributed by atoms with Gasteiger partial charge in [0.25, 0.3) is 0 Å². The standard InChI is InChI=1S/C12H15N3S/c1-9-8-15(4-5-16-9)11-3-2-10(7-13)12(14)6-11/h2-3,6,9H,4-5,8,14H2,1H3. The average Bonchev–Trinajstić information content (AvgIpc) is 2.29. The van der Waals surface area contributed by atoms with E-state index in [9.17, 15) is 0 Å². The van der Waals surface area contributed by atoms with E-state index in [0.29, 0.717) is 16.5 Å². The number of rotatable bonds is 1. The first kappa shape index (κ1) is 11.2. The van der Waals surface area contributed by atoms with Gasteiger partial charge in [-0.25, -0.2) is 0 Å². The highest BCUT2D eigenvalue weighted by atomic mass is 32.2. The zero-order valence-electron chi connectivity index (χ0n) is 9.31. The minimum absolute atomic E-state index is 0.559. The van der Waals surface area contributed by atoms with Crippen molar-refractivity contribution in [2.75, 3.05) is 29.5 Å². The molecule has 16 heavy (non-hydrogen) atoms. The molecule has 4 heteroatoms. The quantitative estimate of drug-likeness (QED) is 0.755. The minimum Gasteiger partial charge on any atom is -0.398 e. The topological polar surface area (TPSA) is 53.0 Å². The van der Waals surface area contributed by atoms with E-state index < -0.39 is 0 Å². The maximum absolute atomic E-state index is 8.81. The van der Waals surface area contributed by atoms with Crippen molar-refractivity contribution in [2.45, 2.75) is 12.2 Å². The van der Waals surface area contributed by atoms with E-state index in [1.807, 2.05) is 23.9 Å². The number of nitrogens with two attached hydrogens (primary N) is 1. The maximum Gasteiger partial charge on any atom is 0.101 e. The first-order chi connectivity index (χ1) is 7.70. The molecule has 0 radical (unpaired) electrons. The Labute approximate surface area is 100 Å². The molecule has 2 N–H and O–H groups in total. The van der Waals surface area contributed by atoms with E-state index in [2.05, 4.69) is 17.9 Å². The summed E-state index contributed by atoms with van der Waals surface area (Å²) >= 11 is 2.00. The Bertz CT molecular complexity index is 425. The summed E-state index contributed by atoms with van der Waals surface area (Å²) in [7, 11) is 0. The van der Waals surface area contributed by atoms with Gasteiger partial charge in [0, 0.05) is 29.8 Å². The monoisotopic (exact) mass is 233 g/mol. The fourth-order valence-electron chi connectivity index (χ4n) is 1.90. The number of hydrogen-bond acceptors (Lipinski definition) is 4. The lowest BCUT2D eigenvalue weighted by Gasteiger charge is -2.32. The molecule has 0 saturated carbocycles. The van der Waals surface area contributed by atoms with Crippen LogP contribution in [0.15, 0.2) is 18.2 Å². The summed E-state index contributed by atoms with van der Waals surface area (Å²) in [6.07, 6.45) is 0. The second kappa shape index (κ2) is 4.67. The summed E-state index contributed by atoms with van der Waals surface area (Å²) in [5.41, 5.74) is 8.08. The van der Waals surface area contributed by atoms with Crippen LogP contribution in [0.1, 0.15) is 12.5 Å². The lowest BCUT2D eigenvalue weighted by atomic mass is 10.1. The predicted octanol–water partition coefficient (Wildman–Crippen LogP) is 2.08. The Morgan fingerprint density at radius 1 is 1.56 bits per heavy atom. The average molecular weight is 233 g/mol. The Balaban J connectivity index is 2.21.